The number of ether oxygens (including phenoxy) is 5. The summed E-state index contributed by atoms with van der Waals surface area (Å²) >= 11 is 0. The molecule has 5 amide bonds. The molecule has 0 bridgehead atoms. The molecule has 3 rings (SSSR count). The number of hydrogen-bond acceptors (Lipinski definition) is 14. The molecule has 20 heteroatoms. The number of likely N-dealkylation sites (tertiary alicyclic amines) is 1. The number of esters is 1. The van der Waals surface area contributed by atoms with Gasteiger partial charge in [0.05, 0.1) is 74.7 Å². The van der Waals surface area contributed by atoms with Crippen LogP contribution in [0.25, 0.3) is 0 Å². The zero-order chi connectivity index (χ0) is 54.8. The summed E-state index contributed by atoms with van der Waals surface area (Å²) in [4.78, 5) is 87.7. The summed E-state index contributed by atoms with van der Waals surface area (Å²) in [7, 11) is 2.54. The number of hydrogen-bond donors (Lipinski definition) is 3. The lowest BCUT2D eigenvalue weighted by molar-refractivity contribution is -0.156. The fourth-order valence-electron chi connectivity index (χ4n) is 9.31. The van der Waals surface area contributed by atoms with Gasteiger partial charge in [0.1, 0.15) is 23.7 Å². The second kappa shape index (κ2) is 29.6. The van der Waals surface area contributed by atoms with Crippen molar-refractivity contribution in [2.45, 2.75) is 167 Å². The lowest BCUT2D eigenvalue weighted by atomic mass is 9.89. The molecule has 9 atom stereocenters. The first-order valence-corrected chi connectivity index (χ1v) is 27.4. The predicted octanol–water partition coefficient (Wildman–Crippen LogP) is 4.02. The summed E-state index contributed by atoms with van der Waals surface area (Å²) in [6.45, 7) is 22.4. The molecule has 2 fully saturated rings. The van der Waals surface area contributed by atoms with Gasteiger partial charge in [-0.1, -0.05) is 83.5 Å². The third kappa shape index (κ3) is 19.6. The van der Waals surface area contributed by atoms with Gasteiger partial charge in [0, 0.05) is 40.8 Å². The molecule has 1 saturated carbocycles. The van der Waals surface area contributed by atoms with E-state index in [1.54, 1.807) is 66.9 Å². The van der Waals surface area contributed by atoms with Crippen molar-refractivity contribution in [2.75, 3.05) is 67.8 Å². The number of benzene rings is 1. The Balaban J connectivity index is 1.69. The van der Waals surface area contributed by atoms with Gasteiger partial charge in [-0.15, -0.1) is 0 Å². The van der Waals surface area contributed by atoms with Crippen LogP contribution in [-0.2, 0) is 68.9 Å². The van der Waals surface area contributed by atoms with Gasteiger partial charge in [-0.05, 0) is 77.8 Å². The Morgan fingerprint density at radius 3 is 2.04 bits per heavy atom. The van der Waals surface area contributed by atoms with Crippen LogP contribution >= 0.6 is 0 Å². The van der Waals surface area contributed by atoms with Crippen LogP contribution in [0.2, 0.25) is 0 Å². The lowest BCUT2D eigenvalue weighted by Crippen LogP contribution is -2.59. The topological polar surface area (TPSA) is 229 Å². The molecule has 73 heavy (non-hydrogen) atoms. The zero-order valence-corrected chi connectivity index (χ0v) is 46.7. The maximum Gasteiger partial charge on any atom is 0.308 e. The van der Waals surface area contributed by atoms with Crippen molar-refractivity contribution in [1.29, 1.82) is 0 Å². The normalized spacial score (nSPS) is 18.5. The number of amides is 5. The summed E-state index contributed by atoms with van der Waals surface area (Å²) in [5, 5.41) is 5.17. The van der Waals surface area contributed by atoms with E-state index >= 15 is 0 Å². The Morgan fingerprint density at radius 1 is 0.863 bits per heavy atom. The molecule has 0 aromatic heterocycles. The molecular formula is C53H88N6O13S. The van der Waals surface area contributed by atoms with Gasteiger partial charge in [0.15, 0.2) is 0 Å². The van der Waals surface area contributed by atoms with Crippen molar-refractivity contribution >= 4 is 45.5 Å². The smallest absolute Gasteiger partial charge is 0.308 e. The highest BCUT2D eigenvalue weighted by Gasteiger charge is 2.44. The van der Waals surface area contributed by atoms with E-state index in [4.69, 9.17) is 23.7 Å². The minimum absolute atomic E-state index is 0.0521. The number of sulfonamides is 1. The highest BCUT2D eigenvalue weighted by molar-refractivity contribution is 7.90. The molecule has 0 spiro atoms. The van der Waals surface area contributed by atoms with Gasteiger partial charge in [-0.2, -0.15) is 0 Å². The SMILES string of the molecule is C=C(C)C(C(=O)NC(C(=O)N(C)C(C(C)CC)C(CC(=O)N1CCCC1C(OC)C(C)C(=O)NC(Cc1ccccc1)C(=O)NS(=O)(=O)C1CC1)OC)C(C)C)N(C)CCOCCOCCC(=O)OC(C)(C)C. The number of likely N-dealkylation sites (N-methyl/N-ethyl adjacent to an activating group) is 2. The highest BCUT2D eigenvalue weighted by atomic mass is 32.2. The fraction of sp³-hybridized carbons (Fsp3) is 0.736. The van der Waals surface area contributed by atoms with Crippen molar-refractivity contribution in [1.82, 2.24) is 30.1 Å². The van der Waals surface area contributed by atoms with Crippen LogP contribution in [0.3, 0.4) is 0 Å². The average Bonchev–Trinajstić information content (AvgIpc) is 4.08. The third-order valence-corrected chi connectivity index (χ3v) is 15.4. The molecule has 19 nitrogen and oxygen atoms in total. The van der Waals surface area contributed by atoms with E-state index in [0.29, 0.717) is 50.8 Å². The Kier molecular flexibility index (Phi) is 25.5. The fourth-order valence-corrected chi connectivity index (χ4v) is 10.7. The molecule has 414 valence electrons. The molecule has 1 aromatic rings. The molecule has 1 aliphatic heterocycles. The first kappa shape index (κ1) is 62.8. The van der Waals surface area contributed by atoms with E-state index in [2.05, 4.69) is 21.9 Å². The number of carbonyl (C=O) groups excluding carboxylic acids is 6. The van der Waals surface area contributed by atoms with Crippen LogP contribution in [0.1, 0.15) is 113 Å². The number of nitrogens with zero attached hydrogens (tertiary/aromatic N) is 3. The first-order valence-electron chi connectivity index (χ1n) is 25.8. The van der Waals surface area contributed by atoms with Crippen LogP contribution in [0, 0.1) is 17.8 Å². The Morgan fingerprint density at radius 2 is 1.49 bits per heavy atom. The van der Waals surface area contributed by atoms with Crippen LogP contribution < -0.4 is 15.4 Å². The Bertz CT molecular complexity index is 2080. The summed E-state index contributed by atoms with van der Waals surface area (Å²) < 4.78 is 56.3. The molecule has 9 unspecified atom stereocenters. The maximum absolute atomic E-state index is 14.6. The van der Waals surface area contributed by atoms with Crippen molar-refractivity contribution in [3.63, 3.8) is 0 Å². The summed E-state index contributed by atoms with van der Waals surface area (Å²) in [5.41, 5.74) is 0.741. The van der Waals surface area contributed by atoms with Crippen LogP contribution in [0.5, 0.6) is 0 Å². The summed E-state index contributed by atoms with van der Waals surface area (Å²) in [5.74, 6) is -4.00. The van der Waals surface area contributed by atoms with Crippen LogP contribution in [0.15, 0.2) is 42.5 Å². The van der Waals surface area contributed by atoms with Crippen molar-refractivity contribution in [3.8, 4) is 0 Å². The first-order chi connectivity index (χ1) is 34.3. The predicted molar refractivity (Wildman–Crippen MR) is 278 cm³/mol. The summed E-state index contributed by atoms with van der Waals surface area (Å²) in [6.07, 6.45) is 1.32. The molecule has 2 aliphatic rings. The van der Waals surface area contributed by atoms with Crippen molar-refractivity contribution in [2.24, 2.45) is 17.8 Å². The van der Waals surface area contributed by atoms with Gasteiger partial charge in [0.2, 0.25) is 33.7 Å². The minimum Gasteiger partial charge on any atom is -0.460 e. The van der Waals surface area contributed by atoms with E-state index in [9.17, 15) is 37.2 Å². The van der Waals surface area contributed by atoms with Gasteiger partial charge in [-0.3, -0.25) is 38.4 Å². The zero-order valence-electron chi connectivity index (χ0n) is 45.9. The average molecular weight is 1050 g/mol. The molecule has 1 aliphatic carbocycles. The van der Waals surface area contributed by atoms with Crippen LogP contribution in [-0.4, -0.2) is 180 Å². The molecule has 1 heterocycles. The van der Waals surface area contributed by atoms with E-state index in [0.717, 1.165) is 5.56 Å². The lowest BCUT2D eigenvalue weighted by Gasteiger charge is -2.41. The van der Waals surface area contributed by atoms with E-state index in [-0.39, 0.29) is 75.3 Å². The number of nitrogens with one attached hydrogen (secondary N) is 3. The van der Waals surface area contributed by atoms with E-state index in [1.807, 2.05) is 54.5 Å². The quantitative estimate of drug-likeness (QED) is 0.0527. The van der Waals surface area contributed by atoms with Crippen LogP contribution in [0.4, 0.5) is 0 Å². The second-order valence-corrected chi connectivity index (χ2v) is 23.0. The largest absolute Gasteiger partial charge is 0.460 e. The molecule has 3 N–H and O–H groups in total. The molecule has 0 radical (unpaired) electrons. The van der Waals surface area contributed by atoms with Gasteiger partial charge in [0.25, 0.3) is 5.91 Å². The second-order valence-electron chi connectivity index (χ2n) is 21.1. The molecular weight excluding hydrogens is 961 g/mol. The van der Waals surface area contributed by atoms with Crippen molar-refractivity contribution in [3.05, 3.63) is 48.0 Å². The summed E-state index contributed by atoms with van der Waals surface area (Å²) in [6, 6.07) is 4.98. The monoisotopic (exact) mass is 1050 g/mol. The number of rotatable bonds is 32. The Hall–Kier alpha value is -4.47. The number of carbonyl (C=O) groups is 6. The number of methoxy groups -OCH3 is 2. The molecule has 1 aromatic carbocycles. The highest BCUT2D eigenvalue weighted by Crippen LogP contribution is 2.31. The minimum atomic E-state index is -3.89. The standard InChI is InChI=1S/C53H88N6O13S/c1-15-36(6)47(58(12)52(65)45(34(2)3)55-51(64)46(35(4)5)57(11)27-29-71-31-30-70-28-25-44(61)72-53(8,9)10)42(68-13)33-43(60)59-26-19-22-41(59)48(69-14)37(7)49(62)54-40(32-38-20-17-16-18-21-38)50(63)56-73(66,67)39-23-24-39/h16-18,20-21,34,36-37,39-42,45-48H,4,15,19,22-33H2,1-3,5-14H3,(H,54,62)(H,55,64)(H,56,63). The van der Waals surface area contributed by atoms with E-state index < -0.39 is 86.9 Å². The Labute approximate surface area is 435 Å². The van der Waals surface area contributed by atoms with E-state index in [1.165, 1.54) is 14.2 Å². The maximum atomic E-state index is 14.6. The van der Waals surface area contributed by atoms with Gasteiger partial charge < -0.3 is 44.1 Å². The third-order valence-electron chi connectivity index (χ3n) is 13.6. The van der Waals surface area contributed by atoms with Gasteiger partial charge >= 0.3 is 5.97 Å². The molecule has 1 saturated heterocycles. The van der Waals surface area contributed by atoms with Crippen molar-refractivity contribution < 1.29 is 60.9 Å². The van der Waals surface area contributed by atoms with Gasteiger partial charge in [-0.25, -0.2) is 8.42 Å².